The molecule has 0 bridgehead atoms. The number of thiophene rings is 1. The number of fused-ring (bicyclic) bond motifs is 2. The lowest BCUT2D eigenvalue weighted by molar-refractivity contribution is 0.259. The fourth-order valence-corrected chi connectivity index (χ4v) is 4.96. The van der Waals surface area contributed by atoms with Gasteiger partial charge >= 0.3 is 0 Å². The fraction of sp³-hybridized carbons (Fsp3) is 0.647. The minimum absolute atomic E-state index is 0.123. The maximum Gasteiger partial charge on any atom is 0.220 e. The molecule has 4 N–H and O–H groups in total. The van der Waals surface area contributed by atoms with E-state index in [2.05, 4.69) is 47.4 Å². The van der Waals surface area contributed by atoms with Gasteiger partial charge in [0.25, 0.3) is 0 Å². The Labute approximate surface area is 141 Å². The number of hydrogen-bond donors (Lipinski definition) is 3. The van der Waals surface area contributed by atoms with Gasteiger partial charge in [0.15, 0.2) is 0 Å². The van der Waals surface area contributed by atoms with Gasteiger partial charge in [-0.05, 0) is 42.8 Å². The quantitative estimate of drug-likeness (QED) is 0.748. The highest BCUT2D eigenvalue weighted by molar-refractivity contribution is 7.19. The average Bonchev–Trinajstić information content (AvgIpc) is 3.10. The van der Waals surface area contributed by atoms with Crippen LogP contribution in [0.2, 0.25) is 0 Å². The molecule has 23 heavy (non-hydrogen) atoms. The number of piperidine rings is 1. The molecule has 0 spiro atoms. The molecule has 0 amide bonds. The summed E-state index contributed by atoms with van der Waals surface area (Å²) in [4.78, 5) is 10.4. The van der Waals surface area contributed by atoms with E-state index in [0.29, 0.717) is 5.95 Å². The van der Waals surface area contributed by atoms with E-state index < -0.39 is 0 Å². The van der Waals surface area contributed by atoms with Gasteiger partial charge in [-0.25, -0.2) is 9.97 Å². The van der Waals surface area contributed by atoms with Crippen LogP contribution in [-0.2, 0) is 5.41 Å². The van der Waals surface area contributed by atoms with E-state index in [0.717, 1.165) is 49.1 Å². The molecule has 6 heteroatoms. The molecule has 2 aliphatic rings. The Morgan fingerprint density at radius 2 is 1.96 bits per heavy atom. The summed E-state index contributed by atoms with van der Waals surface area (Å²) < 4.78 is 1.20. The minimum atomic E-state index is 0.123. The highest BCUT2D eigenvalue weighted by Crippen LogP contribution is 2.39. The zero-order valence-corrected chi connectivity index (χ0v) is 14.8. The summed E-state index contributed by atoms with van der Waals surface area (Å²) in [5.74, 6) is 1.89. The maximum absolute atomic E-state index is 6.00. The number of rotatable bonds is 1. The van der Waals surface area contributed by atoms with Crippen molar-refractivity contribution in [2.45, 2.75) is 38.6 Å². The lowest BCUT2D eigenvalue weighted by Gasteiger charge is -2.32. The zero-order valence-electron chi connectivity index (χ0n) is 14.0. The molecule has 0 saturated carbocycles. The summed E-state index contributed by atoms with van der Waals surface area (Å²) in [7, 11) is 0. The molecule has 2 aromatic rings. The molecule has 3 unspecified atom stereocenters. The number of nitrogens with zero attached hydrogens (tertiary/aromatic N) is 2. The summed E-state index contributed by atoms with van der Waals surface area (Å²) in [6.45, 7) is 10.0. The topological polar surface area (TPSA) is 75.9 Å². The van der Waals surface area contributed by atoms with Crippen LogP contribution in [0.1, 0.15) is 43.8 Å². The van der Waals surface area contributed by atoms with Crippen molar-refractivity contribution < 1.29 is 0 Å². The van der Waals surface area contributed by atoms with E-state index in [1.165, 1.54) is 9.58 Å². The van der Waals surface area contributed by atoms with Crippen LogP contribution < -0.4 is 16.4 Å². The second-order valence-electron chi connectivity index (χ2n) is 7.92. The molecule has 0 aromatic carbocycles. The van der Waals surface area contributed by atoms with Crippen molar-refractivity contribution in [1.82, 2.24) is 20.6 Å². The molecule has 0 radical (unpaired) electrons. The van der Waals surface area contributed by atoms with Gasteiger partial charge in [-0.3, -0.25) is 0 Å². The van der Waals surface area contributed by atoms with Crippen molar-refractivity contribution in [3.8, 4) is 0 Å². The van der Waals surface area contributed by atoms with Gasteiger partial charge < -0.3 is 16.4 Å². The molecule has 3 atom stereocenters. The first kappa shape index (κ1) is 15.3. The molecule has 2 aromatic heterocycles. The van der Waals surface area contributed by atoms with Crippen LogP contribution >= 0.6 is 11.3 Å². The van der Waals surface area contributed by atoms with E-state index in [1.54, 1.807) is 0 Å². The second-order valence-corrected chi connectivity index (χ2v) is 8.97. The Bertz CT molecular complexity index is 732. The van der Waals surface area contributed by atoms with Crippen LogP contribution in [0.15, 0.2) is 6.07 Å². The number of nitrogens with one attached hydrogen (secondary N) is 2. The SMILES string of the molecule is CC(C)(C)c1cc2nc(N)nc(C3CC4CNCC4CN3)c2s1. The number of anilines is 1. The van der Waals surface area contributed by atoms with E-state index in [9.17, 15) is 0 Å². The lowest BCUT2D eigenvalue weighted by Crippen LogP contribution is -2.38. The highest BCUT2D eigenvalue weighted by atomic mass is 32.1. The number of nitrogens with two attached hydrogens (primary N) is 1. The van der Waals surface area contributed by atoms with Gasteiger partial charge in [0.05, 0.1) is 22.0 Å². The zero-order chi connectivity index (χ0) is 16.2. The largest absolute Gasteiger partial charge is 0.368 e. The molecule has 124 valence electrons. The Morgan fingerprint density at radius 3 is 2.74 bits per heavy atom. The number of nitrogen functional groups attached to an aromatic ring is 1. The molecular weight excluding hydrogens is 306 g/mol. The standard InChI is InChI=1S/C17H25N5S/c1-17(2,3)13-5-12-15(23-13)14(22-16(18)21-12)11-4-9-6-19-7-10(9)8-20-11/h5,9-11,19-20H,4,6-8H2,1-3H3,(H2,18,21,22). The van der Waals surface area contributed by atoms with E-state index >= 15 is 0 Å². The van der Waals surface area contributed by atoms with E-state index in [1.807, 2.05) is 11.3 Å². The second kappa shape index (κ2) is 5.40. The monoisotopic (exact) mass is 331 g/mol. The molecule has 0 aliphatic carbocycles. The first-order valence-electron chi connectivity index (χ1n) is 8.43. The smallest absolute Gasteiger partial charge is 0.220 e. The number of aromatic nitrogens is 2. The summed E-state index contributed by atoms with van der Waals surface area (Å²) in [5.41, 5.74) is 8.21. The van der Waals surface area contributed by atoms with Crippen molar-refractivity contribution >= 4 is 27.5 Å². The predicted octanol–water partition coefficient (Wildman–Crippen LogP) is 2.44. The average molecular weight is 331 g/mol. The molecule has 2 aliphatic heterocycles. The third-order valence-corrected chi connectivity index (χ3v) is 6.70. The highest BCUT2D eigenvalue weighted by Gasteiger charge is 2.35. The van der Waals surface area contributed by atoms with Crippen molar-refractivity contribution in [2.24, 2.45) is 11.8 Å². The summed E-state index contributed by atoms with van der Waals surface area (Å²) in [6.07, 6.45) is 1.13. The molecule has 2 saturated heterocycles. The Morgan fingerprint density at radius 1 is 1.17 bits per heavy atom. The molecule has 4 rings (SSSR count). The third-order valence-electron chi connectivity index (χ3n) is 5.13. The van der Waals surface area contributed by atoms with Gasteiger partial charge in [0.2, 0.25) is 5.95 Å². The van der Waals surface area contributed by atoms with Crippen molar-refractivity contribution in [3.05, 3.63) is 16.6 Å². The summed E-state index contributed by atoms with van der Waals surface area (Å²) in [6, 6.07) is 2.47. The van der Waals surface area contributed by atoms with Gasteiger partial charge in [-0.2, -0.15) is 0 Å². The van der Waals surface area contributed by atoms with Crippen molar-refractivity contribution in [1.29, 1.82) is 0 Å². The third kappa shape index (κ3) is 2.73. The summed E-state index contributed by atoms with van der Waals surface area (Å²) in [5, 5.41) is 7.21. The van der Waals surface area contributed by atoms with Crippen molar-refractivity contribution in [2.75, 3.05) is 25.4 Å². The first-order chi connectivity index (χ1) is 10.9. The Balaban J connectivity index is 1.75. The Hall–Kier alpha value is -1.24. The van der Waals surface area contributed by atoms with Crippen LogP contribution in [-0.4, -0.2) is 29.6 Å². The van der Waals surface area contributed by atoms with Crippen LogP contribution in [0.5, 0.6) is 0 Å². The normalized spacial score (nSPS) is 28.2. The predicted molar refractivity (Wildman–Crippen MR) is 95.7 cm³/mol. The van der Waals surface area contributed by atoms with Crippen LogP contribution in [0, 0.1) is 11.8 Å². The summed E-state index contributed by atoms with van der Waals surface area (Å²) >= 11 is 1.82. The van der Waals surface area contributed by atoms with Gasteiger partial charge in [-0.15, -0.1) is 11.3 Å². The fourth-order valence-electron chi connectivity index (χ4n) is 3.77. The molecule has 5 nitrogen and oxygen atoms in total. The lowest BCUT2D eigenvalue weighted by atomic mass is 9.84. The Kier molecular flexibility index (Phi) is 3.59. The van der Waals surface area contributed by atoms with Crippen LogP contribution in [0.25, 0.3) is 10.2 Å². The van der Waals surface area contributed by atoms with Gasteiger partial charge in [0, 0.05) is 11.4 Å². The van der Waals surface area contributed by atoms with E-state index in [4.69, 9.17) is 5.73 Å². The van der Waals surface area contributed by atoms with Gasteiger partial charge in [0.1, 0.15) is 0 Å². The molecule has 2 fully saturated rings. The maximum atomic E-state index is 6.00. The van der Waals surface area contributed by atoms with Gasteiger partial charge in [-0.1, -0.05) is 20.8 Å². The minimum Gasteiger partial charge on any atom is -0.368 e. The van der Waals surface area contributed by atoms with Crippen LogP contribution in [0.4, 0.5) is 5.95 Å². The first-order valence-corrected chi connectivity index (χ1v) is 9.25. The van der Waals surface area contributed by atoms with E-state index in [-0.39, 0.29) is 11.5 Å². The van der Waals surface area contributed by atoms with Crippen molar-refractivity contribution in [3.63, 3.8) is 0 Å². The molecular formula is C17H25N5S. The number of hydrogen-bond acceptors (Lipinski definition) is 6. The van der Waals surface area contributed by atoms with Crippen LogP contribution in [0.3, 0.4) is 0 Å². The molecule has 4 heterocycles.